The molecule has 1 aliphatic rings. The average molecular weight is 386 g/mol. The SMILES string of the molecule is COC(=O)c1ccccc1NCN1C(=O)SC(=Cc2ccc(F)cc2)C1=O. The third-order valence-electron chi connectivity index (χ3n) is 3.80. The van der Waals surface area contributed by atoms with Gasteiger partial charge < -0.3 is 10.1 Å². The van der Waals surface area contributed by atoms with E-state index in [1.165, 1.54) is 37.5 Å². The van der Waals surface area contributed by atoms with Crippen LogP contribution in [0.5, 0.6) is 0 Å². The molecule has 3 rings (SSSR count). The van der Waals surface area contributed by atoms with E-state index in [0.29, 0.717) is 16.8 Å². The summed E-state index contributed by atoms with van der Waals surface area (Å²) in [4.78, 5) is 37.7. The second-order valence-corrected chi connectivity index (χ2v) is 6.53. The maximum absolute atomic E-state index is 13.0. The summed E-state index contributed by atoms with van der Waals surface area (Å²) >= 11 is 0.804. The van der Waals surface area contributed by atoms with E-state index in [-0.39, 0.29) is 17.4 Å². The number of methoxy groups -OCH3 is 1. The number of nitrogens with zero attached hydrogens (tertiary/aromatic N) is 1. The van der Waals surface area contributed by atoms with E-state index in [0.717, 1.165) is 16.7 Å². The summed E-state index contributed by atoms with van der Waals surface area (Å²) in [5, 5.41) is 2.48. The molecule has 2 aromatic carbocycles. The quantitative estimate of drug-likeness (QED) is 0.624. The van der Waals surface area contributed by atoms with E-state index < -0.39 is 17.1 Å². The largest absolute Gasteiger partial charge is 0.465 e. The predicted octanol–water partition coefficient (Wildman–Crippen LogP) is 3.72. The molecule has 0 aromatic heterocycles. The van der Waals surface area contributed by atoms with Gasteiger partial charge in [0.2, 0.25) is 0 Å². The number of benzene rings is 2. The number of amides is 2. The lowest BCUT2D eigenvalue weighted by Crippen LogP contribution is -2.33. The number of nitrogens with one attached hydrogen (secondary N) is 1. The van der Waals surface area contributed by atoms with Gasteiger partial charge in [-0.2, -0.15) is 0 Å². The van der Waals surface area contributed by atoms with E-state index >= 15 is 0 Å². The zero-order chi connectivity index (χ0) is 19.4. The molecule has 1 saturated heterocycles. The van der Waals surface area contributed by atoms with Crippen molar-refractivity contribution in [2.75, 3.05) is 19.1 Å². The number of hydrogen-bond donors (Lipinski definition) is 1. The zero-order valence-corrected chi connectivity index (χ0v) is 15.1. The molecule has 0 radical (unpaired) electrons. The molecular weight excluding hydrogens is 371 g/mol. The minimum absolute atomic E-state index is 0.0978. The van der Waals surface area contributed by atoms with Crippen molar-refractivity contribution in [3.05, 3.63) is 70.4 Å². The van der Waals surface area contributed by atoms with E-state index in [2.05, 4.69) is 5.32 Å². The van der Waals surface area contributed by atoms with Crippen LogP contribution in [-0.2, 0) is 9.53 Å². The molecule has 6 nitrogen and oxygen atoms in total. The molecule has 138 valence electrons. The highest BCUT2D eigenvalue weighted by molar-refractivity contribution is 8.18. The first kappa shape index (κ1) is 18.7. The van der Waals surface area contributed by atoms with Gasteiger partial charge >= 0.3 is 5.97 Å². The van der Waals surface area contributed by atoms with E-state index in [4.69, 9.17) is 4.74 Å². The Morgan fingerprint density at radius 3 is 2.59 bits per heavy atom. The molecule has 0 spiro atoms. The minimum atomic E-state index is -0.525. The van der Waals surface area contributed by atoms with Gasteiger partial charge in [-0.1, -0.05) is 24.3 Å². The number of carbonyl (C=O) groups excluding carboxylic acids is 3. The molecule has 1 aliphatic heterocycles. The summed E-state index contributed by atoms with van der Waals surface area (Å²) < 4.78 is 17.7. The number of ether oxygens (including phenoxy) is 1. The third kappa shape index (κ3) is 4.17. The number of hydrogen-bond acceptors (Lipinski definition) is 6. The Morgan fingerprint density at radius 2 is 1.89 bits per heavy atom. The van der Waals surface area contributed by atoms with Crippen LogP contribution >= 0.6 is 11.8 Å². The molecule has 1 heterocycles. The molecule has 27 heavy (non-hydrogen) atoms. The van der Waals surface area contributed by atoms with Crippen LogP contribution < -0.4 is 5.32 Å². The fourth-order valence-electron chi connectivity index (χ4n) is 2.44. The first-order chi connectivity index (χ1) is 13.0. The maximum Gasteiger partial charge on any atom is 0.339 e. The van der Waals surface area contributed by atoms with Crippen molar-refractivity contribution in [2.24, 2.45) is 0 Å². The van der Waals surface area contributed by atoms with Gasteiger partial charge in [-0.15, -0.1) is 0 Å². The summed E-state index contributed by atoms with van der Waals surface area (Å²) in [6, 6.07) is 12.2. The van der Waals surface area contributed by atoms with Crippen LogP contribution in [0.4, 0.5) is 14.9 Å². The number of rotatable bonds is 5. The maximum atomic E-state index is 13.0. The number of halogens is 1. The molecule has 0 atom stereocenters. The Kier molecular flexibility index (Phi) is 5.56. The van der Waals surface area contributed by atoms with Gasteiger partial charge in [0.25, 0.3) is 11.1 Å². The molecule has 2 aromatic rings. The average Bonchev–Trinajstić information content (AvgIpc) is 2.94. The molecule has 1 N–H and O–H groups in total. The third-order valence-corrected chi connectivity index (χ3v) is 4.71. The number of carbonyl (C=O) groups is 3. The minimum Gasteiger partial charge on any atom is -0.465 e. The highest BCUT2D eigenvalue weighted by Crippen LogP contribution is 2.32. The number of para-hydroxylation sites is 1. The summed E-state index contributed by atoms with van der Waals surface area (Å²) in [7, 11) is 1.27. The predicted molar refractivity (Wildman–Crippen MR) is 100 cm³/mol. The second-order valence-electron chi connectivity index (χ2n) is 5.53. The topological polar surface area (TPSA) is 75.7 Å². The molecule has 8 heteroatoms. The molecule has 0 bridgehead atoms. The Balaban J connectivity index is 1.73. The van der Waals surface area contributed by atoms with Gasteiger partial charge in [-0.05, 0) is 47.7 Å². The van der Waals surface area contributed by atoms with Crippen molar-refractivity contribution in [3.8, 4) is 0 Å². The molecule has 0 saturated carbocycles. The molecule has 0 aliphatic carbocycles. The van der Waals surface area contributed by atoms with Crippen LogP contribution in [0.1, 0.15) is 15.9 Å². The summed E-state index contributed by atoms with van der Waals surface area (Å²) in [6.45, 7) is -0.0978. The van der Waals surface area contributed by atoms with Crippen LogP contribution in [-0.4, -0.2) is 35.8 Å². The van der Waals surface area contributed by atoms with Gasteiger partial charge in [0, 0.05) is 0 Å². The summed E-state index contributed by atoms with van der Waals surface area (Å²) in [5.41, 5.74) is 1.37. The van der Waals surface area contributed by atoms with Crippen molar-refractivity contribution in [1.29, 1.82) is 0 Å². The monoisotopic (exact) mass is 386 g/mol. The molecular formula is C19H15FN2O4S. The van der Waals surface area contributed by atoms with Crippen LogP contribution in [0.15, 0.2) is 53.4 Å². The molecule has 1 fully saturated rings. The zero-order valence-electron chi connectivity index (χ0n) is 14.3. The number of anilines is 1. The van der Waals surface area contributed by atoms with Crippen molar-refractivity contribution < 1.29 is 23.5 Å². The van der Waals surface area contributed by atoms with Crippen LogP contribution in [0.2, 0.25) is 0 Å². The van der Waals surface area contributed by atoms with Crippen LogP contribution in [0.25, 0.3) is 6.08 Å². The molecule has 2 amide bonds. The highest BCUT2D eigenvalue weighted by Gasteiger charge is 2.35. The van der Waals surface area contributed by atoms with E-state index in [9.17, 15) is 18.8 Å². The Hall–Kier alpha value is -3.13. The Labute approximate surface area is 159 Å². The fourth-order valence-corrected chi connectivity index (χ4v) is 3.27. The lowest BCUT2D eigenvalue weighted by Gasteiger charge is -2.16. The highest BCUT2D eigenvalue weighted by atomic mass is 32.2. The van der Waals surface area contributed by atoms with E-state index in [1.54, 1.807) is 24.3 Å². The molecule has 0 unspecified atom stereocenters. The van der Waals surface area contributed by atoms with Gasteiger partial charge in [0.05, 0.1) is 29.9 Å². The Bertz CT molecular complexity index is 928. The van der Waals surface area contributed by atoms with Gasteiger partial charge in [-0.25, -0.2) is 9.18 Å². The summed E-state index contributed by atoms with van der Waals surface area (Å²) in [5.74, 6) is -1.37. The van der Waals surface area contributed by atoms with Crippen LogP contribution in [0.3, 0.4) is 0 Å². The number of thioether (sulfide) groups is 1. The van der Waals surface area contributed by atoms with Crippen molar-refractivity contribution >= 4 is 40.6 Å². The Morgan fingerprint density at radius 1 is 1.19 bits per heavy atom. The van der Waals surface area contributed by atoms with Crippen LogP contribution in [0, 0.1) is 5.82 Å². The van der Waals surface area contributed by atoms with Crippen molar-refractivity contribution in [2.45, 2.75) is 0 Å². The smallest absolute Gasteiger partial charge is 0.339 e. The van der Waals surface area contributed by atoms with Crippen molar-refractivity contribution in [3.63, 3.8) is 0 Å². The van der Waals surface area contributed by atoms with Gasteiger partial charge in [0.15, 0.2) is 0 Å². The van der Waals surface area contributed by atoms with E-state index in [1.807, 2.05) is 0 Å². The van der Waals surface area contributed by atoms with Crippen molar-refractivity contribution in [1.82, 2.24) is 4.90 Å². The number of esters is 1. The second kappa shape index (κ2) is 8.05. The van der Waals surface area contributed by atoms with Gasteiger partial charge in [-0.3, -0.25) is 14.5 Å². The first-order valence-electron chi connectivity index (χ1n) is 7.92. The normalized spacial score (nSPS) is 15.3. The standard InChI is InChI=1S/C19H15FN2O4S/c1-26-18(24)14-4-2-3-5-15(14)21-11-22-17(23)16(27-19(22)25)10-12-6-8-13(20)9-7-12/h2-10,21H,11H2,1H3. The first-order valence-corrected chi connectivity index (χ1v) is 8.73. The number of imide groups is 1. The summed E-state index contributed by atoms with van der Waals surface area (Å²) in [6.07, 6.45) is 1.53. The lowest BCUT2D eigenvalue weighted by molar-refractivity contribution is -0.122. The van der Waals surface area contributed by atoms with Gasteiger partial charge in [0.1, 0.15) is 5.82 Å². The fraction of sp³-hybridized carbons (Fsp3) is 0.105. The lowest BCUT2D eigenvalue weighted by atomic mass is 10.2.